The van der Waals surface area contributed by atoms with Crippen molar-refractivity contribution in [1.82, 2.24) is 4.98 Å². The molecule has 1 aromatic rings. The van der Waals surface area contributed by atoms with Crippen molar-refractivity contribution in [2.45, 2.75) is 18.9 Å². The van der Waals surface area contributed by atoms with Gasteiger partial charge in [0.2, 0.25) is 0 Å². The van der Waals surface area contributed by atoms with Crippen LogP contribution >= 0.6 is 15.9 Å². The van der Waals surface area contributed by atoms with Gasteiger partial charge in [-0.15, -0.1) is 0 Å². The standard InChI is InChI=1S/C11H12BrNO3/c12-10-6-8(3-4-13-10)11(14)16-7-9-2-1-5-15-9/h3-4,6,9H,1-2,5,7H2. The van der Waals surface area contributed by atoms with E-state index in [4.69, 9.17) is 9.47 Å². The maximum atomic E-state index is 11.6. The second-order valence-electron chi connectivity index (χ2n) is 3.60. The average molecular weight is 286 g/mol. The van der Waals surface area contributed by atoms with Gasteiger partial charge < -0.3 is 9.47 Å². The maximum Gasteiger partial charge on any atom is 0.338 e. The van der Waals surface area contributed by atoms with Crippen LogP contribution in [0.2, 0.25) is 0 Å². The summed E-state index contributed by atoms with van der Waals surface area (Å²) in [5.74, 6) is -0.335. The second kappa shape index (κ2) is 5.41. The largest absolute Gasteiger partial charge is 0.459 e. The number of carbonyl (C=O) groups is 1. The van der Waals surface area contributed by atoms with Gasteiger partial charge in [-0.2, -0.15) is 0 Å². The highest BCUT2D eigenvalue weighted by molar-refractivity contribution is 9.10. The molecule has 1 aromatic heterocycles. The van der Waals surface area contributed by atoms with E-state index in [0.717, 1.165) is 19.4 Å². The fourth-order valence-electron chi connectivity index (χ4n) is 1.56. The van der Waals surface area contributed by atoms with Crippen molar-refractivity contribution < 1.29 is 14.3 Å². The fourth-order valence-corrected chi connectivity index (χ4v) is 1.92. The lowest BCUT2D eigenvalue weighted by molar-refractivity contribution is 0.0161. The highest BCUT2D eigenvalue weighted by atomic mass is 79.9. The summed E-state index contributed by atoms with van der Waals surface area (Å²) >= 11 is 3.20. The van der Waals surface area contributed by atoms with E-state index < -0.39 is 0 Å². The van der Waals surface area contributed by atoms with Crippen LogP contribution < -0.4 is 0 Å². The van der Waals surface area contributed by atoms with Crippen LogP contribution in [0.3, 0.4) is 0 Å². The Kier molecular flexibility index (Phi) is 3.90. The zero-order chi connectivity index (χ0) is 11.4. The molecule has 1 saturated heterocycles. The lowest BCUT2D eigenvalue weighted by Gasteiger charge is -2.09. The minimum absolute atomic E-state index is 0.0641. The van der Waals surface area contributed by atoms with Crippen LogP contribution in [0, 0.1) is 0 Å². The molecule has 0 amide bonds. The summed E-state index contributed by atoms with van der Waals surface area (Å²) in [4.78, 5) is 15.6. The van der Waals surface area contributed by atoms with Gasteiger partial charge in [0.15, 0.2) is 0 Å². The minimum atomic E-state index is -0.335. The Hall–Kier alpha value is -0.940. The number of carbonyl (C=O) groups excluding carboxylic acids is 1. The molecule has 1 aliphatic heterocycles. The van der Waals surface area contributed by atoms with E-state index in [2.05, 4.69) is 20.9 Å². The lowest BCUT2D eigenvalue weighted by atomic mass is 10.2. The number of rotatable bonds is 3. The molecule has 86 valence electrons. The average Bonchev–Trinajstić information content (AvgIpc) is 2.78. The smallest absolute Gasteiger partial charge is 0.338 e. The zero-order valence-corrected chi connectivity index (χ0v) is 10.3. The molecule has 16 heavy (non-hydrogen) atoms. The Balaban J connectivity index is 1.87. The lowest BCUT2D eigenvalue weighted by Crippen LogP contribution is -2.17. The van der Waals surface area contributed by atoms with Crippen LogP contribution in [0.4, 0.5) is 0 Å². The Labute approximate surface area is 102 Å². The number of nitrogens with zero attached hydrogens (tertiary/aromatic N) is 1. The molecular weight excluding hydrogens is 274 g/mol. The van der Waals surface area contributed by atoms with Gasteiger partial charge in [0.25, 0.3) is 0 Å². The summed E-state index contributed by atoms with van der Waals surface area (Å²) in [5.41, 5.74) is 0.500. The molecule has 1 atom stereocenters. The normalized spacial score (nSPS) is 19.7. The molecule has 1 fully saturated rings. The SMILES string of the molecule is O=C(OCC1CCCO1)c1ccnc(Br)c1. The first kappa shape index (κ1) is 11.5. The van der Waals surface area contributed by atoms with Gasteiger partial charge in [-0.25, -0.2) is 9.78 Å². The Morgan fingerprint density at radius 1 is 1.69 bits per heavy atom. The van der Waals surface area contributed by atoms with Crippen LogP contribution in [0.15, 0.2) is 22.9 Å². The molecule has 2 heterocycles. The molecule has 5 heteroatoms. The van der Waals surface area contributed by atoms with E-state index in [-0.39, 0.29) is 12.1 Å². The molecule has 1 unspecified atom stereocenters. The second-order valence-corrected chi connectivity index (χ2v) is 4.41. The van der Waals surface area contributed by atoms with E-state index in [1.165, 1.54) is 0 Å². The zero-order valence-electron chi connectivity index (χ0n) is 8.69. The summed E-state index contributed by atoms with van der Waals surface area (Å²) in [5, 5.41) is 0. The number of pyridine rings is 1. The molecule has 0 saturated carbocycles. The van der Waals surface area contributed by atoms with Crippen molar-refractivity contribution in [3.8, 4) is 0 Å². The first-order chi connectivity index (χ1) is 7.75. The number of hydrogen-bond acceptors (Lipinski definition) is 4. The van der Waals surface area contributed by atoms with Gasteiger partial charge in [-0.3, -0.25) is 0 Å². The van der Waals surface area contributed by atoms with Crippen molar-refractivity contribution in [1.29, 1.82) is 0 Å². The van der Waals surface area contributed by atoms with Crippen molar-refractivity contribution in [3.63, 3.8) is 0 Å². The Bertz CT molecular complexity index is 377. The van der Waals surface area contributed by atoms with Gasteiger partial charge >= 0.3 is 5.97 Å². The van der Waals surface area contributed by atoms with Gasteiger partial charge in [0, 0.05) is 12.8 Å². The highest BCUT2D eigenvalue weighted by Crippen LogP contribution is 2.14. The van der Waals surface area contributed by atoms with E-state index in [1.807, 2.05) is 0 Å². The quantitative estimate of drug-likeness (QED) is 0.631. The van der Waals surface area contributed by atoms with Gasteiger partial charge in [0.1, 0.15) is 11.2 Å². The van der Waals surface area contributed by atoms with Crippen LogP contribution in [-0.2, 0) is 9.47 Å². The van der Waals surface area contributed by atoms with E-state index in [9.17, 15) is 4.79 Å². The monoisotopic (exact) mass is 285 g/mol. The molecule has 0 bridgehead atoms. The topological polar surface area (TPSA) is 48.4 Å². The molecule has 0 aliphatic carbocycles. The third kappa shape index (κ3) is 3.02. The first-order valence-electron chi connectivity index (χ1n) is 5.16. The molecular formula is C11H12BrNO3. The van der Waals surface area contributed by atoms with Crippen LogP contribution in [-0.4, -0.2) is 30.3 Å². The predicted molar refractivity (Wildman–Crippen MR) is 61.2 cm³/mol. The Morgan fingerprint density at radius 2 is 2.56 bits per heavy atom. The predicted octanol–water partition coefficient (Wildman–Crippen LogP) is 2.18. The Morgan fingerprint density at radius 3 is 3.25 bits per heavy atom. The number of halogens is 1. The summed E-state index contributed by atoms with van der Waals surface area (Å²) in [6.45, 7) is 1.10. The van der Waals surface area contributed by atoms with E-state index >= 15 is 0 Å². The number of esters is 1. The highest BCUT2D eigenvalue weighted by Gasteiger charge is 2.18. The number of aromatic nitrogens is 1. The molecule has 0 N–H and O–H groups in total. The summed E-state index contributed by atoms with van der Waals surface area (Å²) in [7, 11) is 0. The number of hydrogen-bond donors (Lipinski definition) is 0. The van der Waals surface area contributed by atoms with Crippen LogP contribution in [0.1, 0.15) is 23.2 Å². The van der Waals surface area contributed by atoms with Crippen molar-refractivity contribution in [2.24, 2.45) is 0 Å². The molecule has 0 aromatic carbocycles. The fraction of sp³-hybridized carbons (Fsp3) is 0.455. The van der Waals surface area contributed by atoms with Gasteiger partial charge in [-0.1, -0.05) is 0 Å². The van der Waals surface area contributed by atoms with Crippen molar-refractivity contribution in [2.75, 3.05) is 13.2 Å². The van der Waals surface area contributed by atoms with Crippen molar-refractivity contribution >= 4 is 21.9 Å². The minimum Gasteiger partial charge on any atom is -0.459 e. The third-order valence-corrected chi connectivity index (χ3v) is 2.82. The molecule has 1 aliphatic rings. The molecule has 4 nitrogen and oxygen atoms in total. The first-order valence-corrected chi connectivity index (χ1v) is 5.95. The van der Waals surface area contributed by atoms with Crippen LogP contribution in [0.5, 0.6) is 0 Å². The summed E-state index contributed by atoms with van der Waals surface area (Å²) in [6, 6.07) is 3.26. The van der Waals surface area contributed by atoms with Crippen LogP contribution in [0.25, 0.3) is 0 Å². The van der Waals surface area contributed by atoms with E-state index in [0.29, 0.717) is 16.8 Å². The summed E-state index contributed by atoms with van der Waals surface area (Å²) in [6.07, 6.45) is 3.64. The molecule has 0 spiro atoms. The third-order valence-electron chi connectivity index (χ3n) is 2.39. The number of ether oxygens (including phenoxy) is 2. The van der Waals surface area contributed by atoms with E-state index in [1.54, 1.807) is 18.3 Å². The molecule has 0 radical (unpaired) electrons. The van der Waals surface area contributed by atoms with Gasteiger partial charge in [-0.05, 0) is 40.9 Å². The molecule has 2 rings (SSSR count). The summed E-state index contributed by atoms with van der Waals surface area (Å²) < 4.78 is 11.1. The maximum absolute atomic E-state index is 11.6. The van der Waals surface area contributed by atoms with Gasteiger partial charge in [0.05, 0.1) is 11.7 Å². The van der Waals surface area contributed by atoms with Crippen molar-refractivity contribution in [3.05, 3.63) is 28.5 Å².